The molecule has 0 amide bonds. The first-order chi connectivity index (χ1) is 10.0. The summed E-state index contributed by atoms with van der Waals surface area (Å²) in [5.74, 6) is 0.616. The van der Waals surface area contributed by atoms with Crippen molar-refractivity contribution in [3.8, 4) is 5.69 Å². The molecule has 0 fully saturated rings. The largest absolute Gasteiger partial charge is 0.461 e. The van der Waals surface area contributed by atoms with Crippen LogP contribution in [-0.2, 0) is 11.2 Å². The maximum atomic E-state index is 12.0. The Bertz CT molecular complexity index is 654. The Kier molecular flexibility index (Phi) is 4.31. The van der Waals surface area contributed by atoms with Gasteiger partial charge in [-0.15, -0.1) is 0 Å². The van der Waals surface area contributed by atoms with Crippen LogP contribution in [0.4, 0.5) is 5.82 Å². The van der Waals surface area contributed by atoms with Gasteiger partial charge in [0.15, 0.2) is 5.69 Å². The molecule has 112 valence electrons. The van der Waals surface area contributed by atoms with Crippen molar-refractivity contribution in [1.29, 1.82) is 0 Å². The number of nitrogen functional groups attached to an aromatic ring is 1. The molecule has 5 heteroatoms. The number of rotatable bonds is 4. The number of para-hydroxylation sites is 1. The Morgan fingerprint density at radius 1 is 1.29 bits per heavy atom. The highest BCUT2D eigenvalue weighted by Gasteiger charge is 2.23. The molecule has 0 aliphatic carbocycles. The standard InChI is InChI=1S/C16H21N3O2/c1-5-12-18-13(16(20)21-6-2)15(17)19(12)14-10(3)8-7-9-11(14)4/h7-9H,5-6,17H2,1-4H3. The summed E-state index contributed by atoms with van der Waals surface area (Å²) < 4.78 is 6.88. The number of carbonyl (C=O) groups excluding carboxylic acids is 1. The summed E-state index contributed by atoms with van der Waals surface area (Å²) in [6.45, 7) is 8.09. The van der Waals surface area contributed by atoms with E-state index in [2.05, 4.69) is 4.98 Å². The first kappa shape index (κ1) is 15.1. The second-order valence-electron chi connectivity index (χ2n) is 4.91. The lowest BCUT2D eigenvalue weighted by atomic mass is 10.1. The number of hydrogen-bond acceptors (Lipinski definition) is 4. The molecule has 0 saturated heterocycles. The van der Waals surface area contributed by atoms with Gasteiger partial charge in [-0.25, -0.2) is 9.78 Å². The van der Waals surface area contributed by atoms with Gasteiger partial charge in [-0.2, -0.15) is 0 Å². The van der Waals surface area contributed by atoms with Gasteiger partial charge in [-0.1, -0.05) is 25.1 Å². The molecule has 21 heavy (non-hydrogen) atoms. The van der Waals surface area contributed by atoms with Crippen molar-refractivity contribution < 1.29 is 9.53 Å². The van der Waals surface area contributed by atoms with E-state index >= 15 is 0 Å². The topological polar surface area (TPSA) is 70.1 Å². The minimum atomic E-state index is -0.477. The number of ether oxygens (including phenoxy) is 1. The van der Waals surface area contributed by atoms with Crippen LogP contribution < -0.4 is 5.73 Å². The second-order valence-corrected chi connectivity index (χ2v) is 4.91. The first-order valence-electron chi connectivity index (χ1n) is 7.12. The average molecular weight is 287 g/mol. The maximum Gasteiger partial charge on any atom is 0.360 e. The fourth-order valence-electron chi connectivity index (χ4n) is 2.48. The number of nitrogens with two attached hydrogens (primary N) is 1. The fourth-order valence-corrected chi connectivity index (χ4v) is 2.48. The summed E-state index contributed by atoms with van der Waals surface area (Å²) in [5, 5.41) is 0. The van der Waals surface area contributed by atoms with E-state index in [1.54, 1.807) is 6.92 Å². The Morgan fingerprint density at radius 2 is 1.90 bits per heavy atom. The van der Waals surface area contributed by atoms with E-state index in [0.29, 0.717) is 18.8 Å². The van der Waals surface area contributed by atoms with E-state index in [0.717, 1.165) is 22.6 Å². The third-order valence-corrected chi connectivity index (χ3v) is 3.43. The van der Waals surface area contributed by atoms with Crippen LogP contribution in [0, 0.1) is 13.8 Å². The van der Waals surface area contributed by atoms with Crippen LogP contribution >= 0.6 is 0 Å². The van der Waals surface area contributed by atoms with Crippen LogP contribution in [0.2, 0.25) is 0 Å². The molecule has 1 heterocycles. The Balaban J connectivity index is 2.66. The lowest BCUT2D eigenvalue weighted by molar-refractivity contribution is 0.0521. The zero-order valence-corrected chi connectivity index (χ0v) is 12.9. The molecule has 0 unspecified atom stereocenters. The summed E-state index contributed by atoms with van der Waals surface area (Å²) in [6.07, 6.45) is 0.678. The predicted molar refractivity (Wildman–Crippen MR) is 82.8 cm³/mol. The highest BCUT2D eigenvalue weighted by Crippen LogP contribution is 2.27. The second kappa shape index (κ2) is 5.99. The quantitative estimate of drug-likeness (QED) is 0.878. The van der Waals surface area contributed by atoms with Gasteiger partial charge < -0.3 is 10.5 Å². The average Bonchev–Trinajstić information content (AvgIpc) is 2.76. The molecule has 2 rings (SSSR count). The van der Waals surface area contributed by atoms with Gasteiger partial charge in [0.1, 0.15) is 11.6 Å². The van der Waals surface area contributed by atoms with E-state index in [1.807, 2.05) is 43.5 Å². The van der Waals surface area contributed by atoms with Crippen molar-refractivity contribution in [2.75, 3.05) is 12.3 Å². The lowest BCUT2D eigenvalue weighted by Gasteiger charge is -2.14. The predicted octanol–water partition coefficient (Wildman–Crippen LogP) is 2.81. The number of benzene rings is 1. The van der Waals surface area contributed by atoms with Gasteiger partial charge in [-0.05, 0) is 31.9 Å². The third-order valence-electron chi connectivity index (χ3n) is 3.43. The summed E-state index contributed by atoms with van der Waals surface area (Å²) in [5.41, 5.74) is 9.53. The maximum absolute atomic E-state index is 12.0. The number of esters is 1. The Hall–Kier alpha value is -2.30. The summed E-state index contributed by atoms with van der Waals surface area (Å²) in [4.78, 5) is 16.3. The normalized spacial score (nSPS) is 10.7. The van der Waals surface area contributed by atoms with Crippen LogP contribution in [0.3, 0.4) is 0 Å². The Labute approximate surface area is 124 Å². The Morgan fingerprint density at radius 3 is 2.43 bits per heavy atom. The molecule has 0 saturated carbocycles. The van der Waals surface area contributed by atoms with Crippen molar-refractivity contribution in [1.82, 2.24) is 9.55 Å². The van der Waals surface area contributed by atoms with E-state index in [4.69, 9.17) is 10.5 Å². The molecule has 2 N–H and O–H groups in total. The summed E-state index contributed by atoms with van der Waals surface area (Å²) in [7, 11) is 0. The van der Waals surface area contributed by atoms with Crippen molar-refractivity contribution in [2.45, 2.75) is 34.1 Å². The van der Waals surface area contributed by atoms with Crippen LogP contribution in [0.5, 0.6) is 0 Å². The van der Waals surface area contributed by atoms with E-state index in [1.165, 1.54) is 0 Å². The SMILES string of the molecule is CCOC(=O)c1nc(CC)n(-c2c(C)cccc2C)c1N. The smallest absolute Gasteiger partial charge is 0.360 e. The zero-order chi connectivity index (χ0) is 15.6. The van der Waals surface area contributed by atoms with Gasteiger partial charge >= 0.3 is 5.97 Å². The van der Waals surface area contributed by atoms with E-state index < -0.39 is 5.97 Å². The minimum Gasteiger partial charge on any atom is -0.461 e. The number of nitrogens with zero attached hydrogens (tertiary/aromatic N) is 2. The number of carbonyl (C=O) groups is 1. The van der Waals surface area contributed by atoms with Crippen molar-refractivity contribution in [3.63, 3.8) is 0 Å². The molecular weight excluding hydrogens is 266 g/mol. The monoisotopic (exact) mass is 287 g/mol. The van der Waals surface area contributed by atoms with Crippen LogP contribution in [0.25, 0.3) is 5.69 Å². The van der Waals surface area contributed by atoms with E-state index in [-0.39, 0.29) is 5.69 Å². The number of anilines is 1. The molecule has 0 bridgehead atoms. The molecule has 0 spiro atoms. The van der Waals surface area contributed by atoms with Crippen molar-refractivity contribution >= 4 is 11.8 Å². The van der Waals surface area contributed by atoms with E-state index in [9.17, 15) is 4.79 Å². The van der Waals surface area contributed by atoms with Gasteiger partial charge in [0.05, 0.1) is 12.3 Å². The molecule has 0 radical (unpaired) electrons. The molecule has 0 atom stereocenters. The molecule has 1 aromatic carbocycles. The summed E-state index contributed by atoms with van der Waals surface area (Å²) >= 11 is 0. The highest BCUT2D eigenvalue weighted by atomic mass is 16.5. The molecule has 0 aliphatic rings. The molecule has 0 aliphatic heterocycles. The lowest BCUT2D eigenvalue weighted by Crippen LogP contribution is -2.11. The number of aryl methyl sites for hydroxylation is 3. The molecular formula is C16H21N3O2. The number of imidazole rings is 1. The van der Waals surface area contributed by atoms with Gasteiger partial charge in [0.25, 0.3) is 0 Å². The molecule has 5 nitrogen and oxygen atoms in total. The van der Waals surface area contributed by atoms with Crippen LogP contribution in [0.15, 0.2) is 18.2 Å². The highest BCUT2D eigenvalue weighted by molar-refractivity contribution is 5.92. The minimum absolute atomic E-state index is 0.191. The van der Waals surface area contributed by atoms with Crippen LogP contribution in [-0.4, -0.2) is 22.1 Å². The first-order valence-corrected chi connectivity index (χ1v) is 7.12. The fraction of sp³-hybridized carbons (Fsp3) is 0.375. The van der Waals surface area contributed by atoms with Crippen molar-refractivity contribution in [2.24, 2.45) is 0 Å². The third kappa shape index (κ3) is 2.63. The van der Waals surface area contributed by atoms with Gasteiger partial charge in [0.2, 0.25) is 0 Å². The summed E-state index contributed by atoms with van der Waals surface area (Å²) in [6, 6.07) is 6.04. The molecule has 2 aromatic rings. The van der Waals surface area contributed by atoms with Gasteiger partial charge in [-0.3, -0.25) is 4.57 Å². The number of hydrogen-bond donors (Lipinski definition) is 1. The number of aromatic nitrogens is 2. The van der Waals surface area contributed by atoms with Crippen molar-refractivity contribution in [3.05, 3.63) is 40.8 Å². The van der Waals surface area contributed by atoms with Gasteiger partial charge in [0, 0.05) is 6.42 Å². The molecule has 1 aromatic heterocycles. The zero-order valence-electron chi connectivity index (χ0n) is 12.9. The van der Waals surface area contributed by atoms with Crippen LogP contribution in [0.1, 0.15) is 41.3 Å².